The molecule has 0 aromatic carbocycles. The van der Waals surface area contributed by atoms with Crippen molar-refractivity contribution >= 4 is 5.97 Å². The second-order valence-corrected chi connectivity index (χ2v) is 2.63. The average molecular weight is 183 g/mol. The Labute approximate surface area is 76.5 Å². The molecular formula is C8H13N3O2. The van der Waals surface area contributed by atoms with E-state index in [0.29, 0.717) is 12.1 Å². The molecule has 13 heavy (non-hydrogen) atoms. The number of aromatic nitrogens is 2. The Hall–Kier alpha value is -1.36. The molecule has 0 aliphatic heterocycles. The van der Waals surface area contributed by atoms with E-state index in [9.17, 15) is 4.79 Å². The second-order valence-electron chi connectivity index (χ2n) is 2.63. The summed E-state index contributed by atoms with van der Waals surface area (Å²) < 4.78 is 6.22. The molecule has 1 aromatic heterocycles. The molecule has 1 rings (SSSR count). The van der Waals surface area contributed by atoms with E-state index in [1.165, 1.54) is 13.3 Å². The maximum Gasteiger partial charge on any atom is 0.341 e. The molecule has 5 heteroatoms. The van der Waals surface area contributed by atoms with Crippen LogP contribution in [0.25, 0.3) is 0 Å². The topological polar surface area (TPSA) is 70.1 Å². The van der Waals surface area contributed by atoms with Crippen molar-refractivity contribution in [2.75, 3.05) is 13.7 Å². The highest BCUT2D eigenvalue weighted by Gasteiger charge is 2.07. The molecule has 72 valence electrons. The Morgan fingerprint density at radius 1 is 1.77 bits per heavy atom. The number of hydrogen-bond donors (Lipinski definition) is 1. The lowest BCUT2D eigenvalue weighted by molar-refractivity contribution is 0.0600. The van der Waals surface area contributed by atoms with Crippen molar-refractivity contribution in [1.82, 2.24) is 9.78 Å². The van der Waals surface area contributed by atoms with Gasteiger partial charge < -0.3 is 10.5 Å². The van der Waals surface area contributed by atoms with E-state index in [0.717, 1.165) is 13.0 Å². The van der Waals surface area contributed by atoms with Crippen LogP contribution in [0.4, 0.5) is 0 Å². The summed E-state index contributed by atoms with van der Waals surface area (Å²) in [7, 11) is 1.35. The van der Waals surface area contributed by atoms with Crippen molar-refractivity contribution < 1.29 is 9.53 Å². The third kappa shape index (κ3) is 2.55. The highest BCUT2D eigenvalue weighted by molar-refractivity contribution is 5.88. The predicted molar refractivity (Wildman–Crippen MR) is 47.2 cm³/mol. The first kappa shape index (κ1) is 9.73. The van der Waals surface area contributed by atoms with Crippen molar-refractivity contribution in [3.63, 3.8) is 0 Å². The van der Waals surface area contributed by atoms with Crippen LogP contribution in [0.1, 0.15) is 16.8 Å². The van der Waals surface area contributed by atoms with E-state index in [-0.39, 0.29) is 5.97 Å². The van der Waals surface area contributed by atoms with Crippen LogP contribution in [0.15, 0.2) is 12.4 Å². The van der Waals surface area contributed by atoms with Crippen LogP contribution in [0.3, 0.4) is 0 Å². The average Bonchev–Trinajstić information content (AvgIpc) is 2.62. The second kappa shape index (κ2) is 4.61. The van der Waals surface area contributed by atoms with E-state index in [1.807, 2.05) is 0 Å². The zero-order valence-corrected chi connectivity index (χ0v) is 7.56. The van der Waals surface area contributed by atoms with Crippen LogP contribution in [-0.4, -0.2) is 29.4 Å². The molecule has 1 heterocycles. The summed E-state index contributed by atoms with van der Waals surface area (Å²) in [6, 6.07) is 0. The van der Waals surface area contributed by atoms with Gasteiger partial charge in [-0.25, -0.2) is 4.79 Å². The van der Waals surface area contributed by atoms with E-state index in [4.69, 9.17) is 5.73 Å². The number of aryl methyl sites for hydroxylation is 1. The van der Waals surface area contributed by atoms with Gasteiger partial charge >= 0.3 is 5.97 Å². The number of ether oxygens (including phenoxy) is 1. The van der Waals surface area contributed by atoms with Crippen LogP contribution in [0.2, 0.25) is 0 Å². The number of carbonyl (C=O) groups is 1. The molecule has 0 fully saturated rings. The first-order valence-corrected chi connectivity index (χ1v) is 4.08. The Morgan fingerprint density at radius 3 is 3.15 bits per heavy atom. The molecule has 1 aromatic rings. The zero-order chi connectivity index (χ0) is 9.68. The van der Waals surface area contributed by atoms with E-state index in [2.05, 4.69) is 9.84 Å². The maximum atomic E-state index is 11.0. The van der Waals surface area contributed by atoms with Crippen molar-refractivity contribution in [1.29, 1.82) is 0 Å². The number of hydrogen-bond acceptors (Lipinski definition) is 4. The Balaban J connectivity index is 2.58. The van der Waals surface area contributed by atoms with Gasteiger partial charge in [0.25, 0.3) is 0 Å². The molecule has 2 N–H and O–H groups in total. The summed E-state index contributed by atoms with van der Waals surface area (Å²) in [5, 5.41) is 3.98. The molecular weight excluding hydrogens is 170 g/mol. The smallest absolute Gasteiger partial charge is 0.341 e. The molecule has 0 saturated heterocycles. The fourth-order valence-corrected chi connectivity index (χ4v) is 0.962. The molecule has 0 bridgehead atoms. The van der Waals surface area contributed by atoms with Crippen LogP contribution < -0.4 is 5.73 Å². The quantitative estimate of drug-likeness (QED) is 0.668. The van der Waals surface area contributed by atoms with Gasteiger partial charge in [0, 0.05) is 12.7 Å². The number of methoxy groups -OCH3 is 1. The molecule has 0 atom stereocenters. The number of nitrogens with zero attached hydrogens (tertiary/aromatic N) is 2. The monoisotopic (exact) mass is 183 g/mol. The van der Waals surface area contributed by atoms with Gasteiger partial charge in [0.15, 0.2) is 0 Å². The highest BCUT2D eigenvalue weighted by Crippen LogP contribution is 1.99. The fraction of sp³-hybridized carbons (Fsp3) is 0.500. The molecule has 0 unspecified atom stereocenters. The van der Waals surface area contributed by atoms with E-state index < -0.39 is 0 Å². The van der Waals surface area contributed by atoms with Crippen molar-refractivity contribution in [3.05, 3.63) is 18.0 Å². The summed E-state index contributed by atoms with van der Waals surface area (Å²) in [4.78, 5) is 11.0. The number of esters is 1. The molecule has 0 aliphatic rings. The summed E-state index contributed by atoms with van der Waals surface area (Å²) in [5.74, 6) is -0.362. The minimum atomic E-state index is -0.362. The lowest BCUT2D eigenvalue weighted by Crippen LogP contribution is -2.06. The van der Waals surface area contributed by atoms with Crippen molar-refractivity contribution in [3.8, 4) is 0 Å². The van der Waals surface area contributed by atoms with Gasteiger partial charge in [-0.3, -0.25) is 4.68 Å². The summed E-state index contributed by atoms with van der Waals surface area (Å²) in [6.45, 7) is 1.35. The van der Waals surface area contributed by atoms with E-state index >= 15 is 0 Å². The number of rotatable bonds is 4. The van der Waals surface area contributed by atoms with Crippen LogP contribution >= 0.6 is 0 Å². The predicted octanol–water partition coefficient (Wildman–Crippen LogP) is 0.0185. The summed E-state index contributed by atoms with van der Waals surface area (Å²) in [5.41, 5.74) is 5.81. The molecule has 0 radical (unpaired) electrons. The molecule has 0 saturated carbocycles. The fourth-order valence-electron chi connectivity index (χ4n) is 0.962. The minimum absolute atomic E-state index is 0.362. The Kier molecular flexibility index (Phi) is 3.45. The third-order valence-electron chi connectivity index (χ3n) is 1.65. The largest absolute Gasteiger partial charge is 0.465 e. The lowest BCUT2D eigenvalue weighted by atomic mass is 10.4. The third-order valence-corrected chi connectivity index (χ3v) is 1.65. The van der Waals surface area contributed by atoms with Gasteiger partial charge in [-0.05, 0) is 13.0 Å². The van der Waals surface area contributed by atoms with Gasteiger partial charge in [-0.2, -0.15) is 5.10 Å². The Bertz CT molecular complexity index is 283. The van der Waals surface area contributed by atoms with Gasteiger partial charge in [-0.1, -0.05) is 0 Å². The summed E-state index contributed by atoms with van der Waals surface area (Å²) >= 11 is 0. The van der Waals surface area contributed by atoms with Crippen LogP contribution in [0, 0.1) is 0 Å². The molecule has 0 amide bonds. The van der Waals surface area contributed by atoms with Crippen molar-refractivity contribution in [2.45, 2.75) is 13.0 Å². The van der Waals surface area contributed by atoms with Gasteiger partial charge in [0.05, 0.1) is 18.9 Å². The highest BCUT2D eigenvalue weighted by atomic mass is 16.5. The van der Waals surface area contributed by atoms with Gasteiger partial charge in [-0.15, -0.1) is 0 Å². The zero-order valence-electron chi connectivity index (χ0n) is 7.56. The summed E-state index contributed by atoms with van der Waals surface area (Å²) in [6.07, 6.45) is 3.99. The van der Waals surface area contributed by atoms with Gasteiger partial charge in [0.2, 0.25) is 0 Å². The number of carbonyl (C=O) groups excluding carboxylic acids is 1. The first-order valence-electron chi connectivity index (χ1n) is 4.08. The molecule has 5 nitrogen and oxygen atoms in total. The SMILES string of the molecule is COC(=O)c1cnn(CCCN)c1. The minimum Gasteiger partial charge on any atom is -0.465 e. The number of nitrogens with two attached hydrogens (primary N) is 1. The van der Waals surface area contributed by atoms with E-state index in [1.54, 1.807) is 10.9 Å². The van der Waals surface area contributed by atoms with Crippen LogP contribution in [0.5, 0.6) is 0 Å². The van der Waals surface area contributed by atoms with Crippen molar-refractivity contribution in [2.24, 2.45) is 5.73 Å². The van der Waals surface area contributed by atoms with Gasteiger partial charge in [0.1, 0.15) is 0 Å². The Morgan fingerprint density at radius 2 is 2.54 bits per heavy atom. The normalized spacial score (nSPS) is 10.0. The van der Waals surface area contributed by atoms with Crippen LogP contribution in [-0.2, 0) is 11.3 Å². The lowest BCUT2D eigenvalue weighted by Gasteiger charge is -1.97. The first-order chi connectivity index (χ1) is 6.27. The standard InChI is InChI=1S/C8H13N3O2/c1-13-8(12)7-5-10-11(6-7)4-2-3-9/h5-6H,2-4,9H2,1H3. The molecule has 0 spiro atoms. The maximum absolute atomic E-state index is 11.0. The molecule has 0 aliphatic carbocycles.